The molecule has 0 bridgehead atoms. The predicted octanol–water partition coefficient (Wildman–Crippen LogP) is 2.71. The number of hydrogen-bond acceptors (Lipinski definition) is 4. The maximum absolute atomic E-state index is 12.6. The standard InChI is InChI=1S/C20H33N3O2/c1-5-16(15-9-7-8-10-17(15)25-6-2)22-19(24)13-23-12-11-18(21)20(3,4)14-23/h7-10,16,18H,5-6,11-14,21H2,1-4H3,(H,22,24). The first-order chi connectivity index (χ1) is 11.9. The van der Waals surface area contributed by atoms with Crippen molar-refractivity contribution >= 4 is 5.91 Å². The van der Waals surface area contributed by atoms with Gasteiger partial charge in [-0.2, -0.15) is 0 Å². The van der Waals surface area contributed by atoms with Gasteiger partial charge in [-0.3, -0.25) is 9.69 Å². The molecule has 1 saturated heterocycles. The molecule has 0 radical (unpaired) electrons. The molecule has 1 heterocycles. The van der Waals surface area contributed by atoms with Crippen molar-refractivity contribution in [2.45, 2.75) is 52.6 Å². The van der Waals surface area contributed by atoms with Gasteiger partial charge < -0.3 is 15.8 Å². The number of piperidine rings is 1. The maximum atomic E-state index is 12.6. The summed E-state index contributed by atoms with van der Waals surface area (Å²) in [7, 11) is 0. The van der Waals surface area contributed by atoms with Crippen LogP contribution >= 0.6 is 0 Å². The van der Waals surface area contributed by atoms with Gasteiger partial charge >= 0.3 is 0 Å². The summed E-state index contributed by atoms with van der Waals surface area (Å²) in [4.78, 5) is 14.8. The number of likely N-dealkylation sites (tertiary alicyclic amines) is 1. The number of nitrogens with two attached hydrogens (primary N) is 1. The number of carbonyl (C=O) groups excluding carboxylic acids is 1. The number of hydrogen-bond donors (Lipinski definition) is 2. The Morgan fingerprint density at radius 2 is 2.12 bits per heavy atom. The Kier molecular flexibility index (Phi) is 6.85. The van der Waals surface area contributed by atoms with E-state index in [-0.39, 0.29) is 23.4 Å². The molecule has 1 aromatic rings. The lowest BCUT2D eigenvalue weighted by molar-refractivity contribution is -0.123. The zero-order chi connectivity index (χ0) is 18.4. The largest absolute Gasteiger partial charge is 0.494 e. The molecule has 1 fully saturated rings. The summed E-state index contributed by atoms with van der Waals surface area (Å²) in [6, 6.07) is 8.11. The fourth-order valence-corrected chi connectivity index (χ4v) is 3.52. The van der Waals surface area contributed by atoms with E-state index >= 15 is 0 Å². The van der Waals surface area contributed by atoms with E-state index < -0.39 is 0 Å². The number of nitrogens with zero attached hydrogens (tertiary/aromatic N) is 1. The zero-order valence-corrected chi connectivity index (χ0v) is 16.0. The summed E-state index contributed by atoms with van der Waals surface area (Å²) in [6.07, 6.45) is 1.76. The Balaban J connectivity index is 1.99. The molecule has 2 rings (SSSR count). The molecule has 5 nitrogen and oxygen atoms in total. The Bertz CT molecular complexity index is 574. The van der Waals surface area contributed by atoms with Crippen LogP contribution in [0.5, 0.6) is 5.75 Å². The first-order valence-electron chi connectivity index (χ1n) is 9.36. The van der Waals surface area contributed by atoms with Gasteiger partial charge in [-0.15, -0.1) is 0 Å². The number of carbonyl (C=O) groups is 1. The van der Waals surface area contributed by atoms with Crippen molar-refractivity contribution in [1.82, 2.24) is 10.2 Å². The van der Waals surface area contributed by atoms with Crippen LogP contribution in [0.3, 0.4) is 0 Å². The minimum absolute atomic E-state index is 0.0321. The minimum Gasteiger partial charge on any atom is -0.494 e. The summed E-state index contributed by atoms with van der Waals surface area (Å²) in [6.45, 7) is 11.2. The van der Waals surface area contributed by atoms with Crippen LogP contribution in [-0.4, -0.2) is 43.1 Å². The van der Waals surface area contributed by atoms with Crippen LogP contribution in [0.4, 0.5) is 0 Å². The van der Waals surface area contributed by atoms with Crippen LogP contribution < -0.4 is 15.8 Å². The van der Waals surface area contributed by atoms with Gasteiger partial charge in [0.1, 0.15) is 5.75 Å². The Labute approximate surface area is 151 Å². The summed E-state index contributed by atoms with van der Waals surface area (Å²) >= 11 is 0. The van der Waals surface area contributed by atoms with E-state index in [2.05, 4.69) is 31.0 Å². The smallest absolute Gasteiger partial charge is 0.234 e. The van der Waals surface area contributed by atoms with Crippen molar-refractivity contribution in [1.29, 1.82) is 0 Å². The molecule has 1 aromatic carbocycles. The van der Waals surface area contributed by atoms with Crippen molar-refractivity contribution in [3.63, 3.8) is 0 Å². The molecule has 1 aliphatic rings. The van der Waals surface area contributed by atoms with Crippen molar-refractivity contribution in [3.8, 4) is 5.75 Å². The second-order valence-corrected chi connectivity index (χ2v) is 7.59. The first kappa shape index (κ1) is 19.7. The third-order valence-corrected chi connectivity index (χ3v) is 5.10. The topological polar surface area (TPSA) is 67.6 Å². The summed E-state index contributed by atoms with van der Waals surface area (Å²) in [5.74, 6) is 0.909. The number of para-hydroxylation sites is 1. The average Bonchev–Trinajstić information content (AvgIpc) is 2.57. The Morgan fingerprint density at radius 3 is 2.76 bits per heavy atom. The molecule has 140 valence electrons. The van der Waals surface area contributed by atoms with E-state index in [0.29, 0.717) is 13.2 Å². The van der Waals surface area contributed by atoms with Gasteiger partial charge in [0.25, 0.3) is 0 Å². The molecule has 2 atom stereocenters. The van der Waals surface area contributed by atoms with Crippen molar-refractivity contribution in [3.05, 3.63) is 29.8 Å². The minimum atomic E-state index is -0.0321. The van der Waals surface area contributed by atoms with Crippen LogP contribution in [0.25, 0.3) is 0 Å². The number of ether oxygens (including phenoxy) is 1. The lowest BCUT2D eigenvalue weighted by Gasteiger charge is -2.42. The molecular weight excluding hydrogens is 314 g/mol. The van der Waals surface area contributed by atoms with E-state index in [0.717, 1.165) is 37.2 Å². The summed E-state index contributed by atoms with van der Waals surface area (Å²) < 4.78 is 5.71. The highest BCUT2D eigenvalue weighted by atomic mass is 16.5. The number of rotatable bonds is 7. The molecule has 0 saturated carbocycles. The second-order valence-electron chi connectivity index (χ2n) is 7.59. The number of benzene rings is 1. The van der Waals surface area contributed by atoms with Crippen molar-refractivity contribution in [2.24, 2.45) is 11.1 Å². The highest BCUT2D eigenvalue weighted by molar-refractivity contribution is 5.78. The summed E-state index contributed by atoms with van der Waals surface area (Å²) in [5, 5.41) is 3.18. The van der Waals surface area contributed by atoms with Crippen LogP contribution in [-0.2, 0) is 4.79 Å². The van der Waals surface area contributed by atoms with Gasteiger partial charge in [-0.1, -0.05) is 39.0 Å². The monoisotopic (exact) mass is 347 g/mol. The van der Waals surface area contributed by atoms with Crippen LogP contribution in [0.1, 0.15) is 52.1 Å². The lowest BCUT2D eigenvalue weighted by atomic mass is 9.80. The van der Waals surface area contributed by atoms with Gasteiger partial charge in [0.05, 0.1) is 19.2 Å². The van der Waals surface area contributed by atoms with Crippen LogP contribution in [0.15, 0.2) is 24.3 Å². The fourth-order valence-electron chi connectivity index (χ4n) is 3.52. The second kappa shape index (κ2) is 8.68. The number of nitrogens with one attached hydrogen (secondary N) is 1. The lowest BCUT2D eigenvalue weighted by Crippen LogP contribution is -2.54. The average molecular weight is 348 g/mol. The normalized spacial score (nSPS) is 21.6. The summed E-state index contributed by atoms with van der Waals surface area (Å²) in [5.41, 5.74) is 7.28. The molecule has 0 aliphatic carbocycles. The highest BCUT2D eigenvalue weighted by Gasteiger charge is 2.34. The third kappa shape index (κ3) is 5.19. The first-order valence-corrected chi connectivity index (χ1v) is 9.36. The van der Waals surface area contributed by atoms with Gasteiger partial charge in [0.2, 0.25) is 5.91 Å². The van der Waals surface area contributed by atoms with E-state index in [1.54, 1.807) is 0 Å². The van der Waals surface area contributed by atoms with Gasteiger partial charge in [0.15, 0.2) is 0 Å². The van der Waals surface area contributed by atoms with Crippen molar-refractivity contribution in [2.75, 3.05) is 26.2 Å². The number of amides is 1. The van der Waals surface area contributed by atoms with Crippen molar-refractivity contribution < 1.29 is 9.53 Å². The van der Waals surface area contributed by atoms with Gasteiger partial charge in [-0.05, 0) is 31.2 Å². The molecule has 0 aromatic heterocycles. The molecular formula is C20H33N3O2. The van der Waals surface area contributed by atoms with E-state index in [4.69, 9.17) is 10.5 Å². The van der Waals surface area contributed by atoms with E-state index in [9.17, 15) is 4.79 Å². The quantitative estimate of drug-likeness (QED) is 0.796. The van der Waals surface area contributed by atoms with Crippen LogP contribution in [0, 0.1) is 5.41 Å². The fraction of sp³-hybridized carbons (Fsp3) is 0.650. The zero-order valence-electron chi connectivity index (χ0n) is 16.0. The molecule has 1 amide bonds. The molecule has 2 unspecified atom stereocenters. The molecule has 25 heavy (non-hydrogen) atoms. The predicted molar refractivity (Wildman–Crippen MR) is 102 cm³/mol. The van der Waals surface area contributed by atoms with E-state index in [1.165, 1.54) is 0 Å². The highest BCUT2D eigenvalue weighted by Crippen LogP contribution is 2.29. The van der Waals surface area contributed by atoms with Crippen LogP contribution in [0.2, 0.25) is 0 Å². The van der Waals surface area contributed by atoms with E-state index in [1.807, 2.05) is 31.2 Å². The van der Waals surface area contributed by atoms with Gasteiger partial charge in [0, 0.05) is 24.7 Å². The Hall–Kier alpha value is -1.59. The van der Waals surface area contributed by atoms with Gasteiger partial charge in [-0.25, -0.2) is 0 Å². The molecule has 1 aliphatic heterocycles. The maximum Gasteiger partial charge on any atom is 0.234 e. The molecule has 3 N–H and O–H groups in total. The molecule has 0 spiro atoms. The third-order valence-electron chi connectivity index (χ3n) is 5.10. The Morgan fingerprint density at radius 1 is 1.40 bits per heavy atom. The molecule has 5 heteroatoms. The SMILES string of the molecule is CCOc1ccccc1C(CC)NC(=O)CN1CCC(N)C(C)(C)C1.